The summed E-state index contributed by atoms with van der Waals surface area (Å²) in [6.45, 7) is 4.53. The number of nitrogens with zero attached hydrogens (tertiary/aromatic N) is 1. The third-order valence-corrected chi connectivity index (χ3v) is 3.45. The standard InChI is InChI=1S/C15H17NO3S/c1-11-3-5-14(6-4-11)18-7-8-19-15(17)9-13-10-20-12(2)16-13/h3-6,10H,7-9H2,1-2H3. The summed E-state index contributed by atoms with van der Waals surface area (Å²) < 4.78 is 10.6. The van der Waals surface area contributed by atoms with E-state index in [1.165, 1.54) is 16.9 Å². The van der Waals surface area contributed by atoms with Crippen LogP contribution in [0.5, 0.6) is 5.75 Å². The van der Waals surface area contributed by atoms with E-state index in [4.69, 9.17) is 9.47 Å². The summed E-state index contributed by atoms with van der Waals surface area (Å²) >= 11 is 1.53. The van der Waals surface area contributed by atoms with Crippen molar-refractivity contribution in [1.82, 2.24) is 4.98 Å². The van der Waals surface area contributed by atoms with E-state index in [-0.39, 0.29) is 19.0 Å². The molecule has 0 aliphatic rings. The molecule has 4 nitrogen and oxygen atoms in total. The molecular weight excluding hydrogens is 274 g/mol. The number of rotatable bonds is 6. The minimum absolute atomic E-state index is 0.217. The maximum atomic E-state index is 11.6. The molecule has 2 rings (SSSR count). The van der Waals surface area contributed by atoms with Gasteiger partial charge in [-0.15, -0.1) is 11.3 Å². The zero-order valence-corrected chi connectivity index (χ0v) is 12.4. The van der Waals surface area contributed by atoms with E-state index in [0.29, 0.717) is 6.61 Å². The van der Waals surface area contributed by atoms with Gasteiger partial charge in [0.1, 0.15) is 19.0 Å². The van der Waals surface area contributed by atoms with Gasteiger partial charge in [-0.3, -0.25) is 4.79 Å². The van der Waals surface area contributed by atoms with E-state index in [2.05, 4.69) is 4.98 Å². The number of ether oxygens (including phenoxy) is 2. The summed E-state index contributed by atoms with van der Waals surface area (Å²) in [5.74, 6) is 0.504. The van der Waals surface area contributed by atoms with Gasteiger partial charge in [-0.2, -0.15) is 0 Å². The van der Waals surface area contributed by atoms with Crippen LogP contribution in [-0.2, 0) is 16.0 Å². The van der Waals surface area contributed by atoms with E-state index < -0.39 is 0 Å². The van der Waals surface area contributed by atoms with E-state index in [9.17, 15) is 4.79 Å². The van der Waals surface area contributed by atoms with Crippen LogP contribution in [0.1, 0.15) is 16.3 Å². The van der Waals surface area contributed by atoms with Crippen LogP contribution in [0.4, 0.5) is 0 Å². The van der Waals surface area contributed by atoms with Crippen LogP contribution in [0.2, 0.25) is 0 Å². The molecule has 0 atom stereocenters. The summed E-state index contributed by atoms with van der Waals surface area (Å²) in [7, 11) is 0. The summed E-state index contributed by atoms with van der Waals surface area (Å²) in [6.07, 6.45) is 0.217. The predicted octanol–water partition coefficient (Wildman–Crippen LogP) is 2.92. The Morgan fingerprint density at radius 3 is 2.60 bits per heavy atom. The Kier molecular flexibility index (Phi) is 5.12. The molecule has 1 aromatic heterocycles. The van der Waals surface area contributed by atoms with Gasteiger partial charge in [0.25, 0.3) is 0 Å². The lowest BCUT2D eigenvalue weighted by atomic mass is 10.2. The lowest BCUT2D eigenvalue weighted by molar-refractivity contribution is -0.143. The molecule has 20 heavy (non-hydrogen) atoms. The lowest BCUT2D eigenvalue weighted by Gasteiger charge is -2.07. The average molecular weight is 291 g/mol. The smallest absolute Gasteiger partial charge is 0.312 e. The molecule has 1 aromatic carbocycles. The number of thiazole rings is 1. The van der Waals surface area contributed by atoms with E-state index in [1.54, 1.807) is 0 Å². The van der Waals surface area contributed by atoms with Gasteiger partial charge >= 0.3 is 5.97 Å². The van der Waals surface area contributed by atoms with Crippen LogP contribution in [0.3, 0.4) is 0 Å². The second-order valence-corrected chi connectivity index (χ2v) is 5.48. The minimum atomic E-state index is -0.275. The van der Waals surface area contributed by atoms with Crippen LogP contribution >= 0.6 is 11.3 Å². The Morgan fingerprint density at radius 2 is 1.95 bits per heavy atom. The van der Waals surface area contributed by atoms with Gasteiger partial charge in [0.2, 0.25) is 0 Å². The van der Waals surface area contributed by atoms with Crippen molar-refractivity contribution >= 4 is 17.3 Å². The molecule has 5 heteroatoms. The molecule has 0 amide bonds. The highest BCUT2D eigenvalue weighted by molar-refractivity contribution is 7.09. The summed E-state index contributed by atoms with van der Waals surface area (Å²) in [6, 6.07) is 7.75. The fraction of sp³-hybridized carbons (Fsp3) is 0.333. The summed E-state index contributed by atoms with van der Waals surface area (Å²) in [5.41, 5.74) is 1.94. The molecule has 0 unspecified atom stereocenters. The molecule has 0 bridgehead atoms. The quantitative estimate of drug-likeness (QED) is 0.606. The minimum Gasteiger partial charge on any atom is -0.490 e. The van der Waals surface area contributed by atoms with Crippen LogP contribution < -0.4 is 4.74 Å². The van der Waals surface area contributed by atoms with Crippen LogP contribution in [0.15, 0.2) is 29.6 Å². The number of esters is 1. The van der Waals surface area contributed by atoms with Crippen molar-refractivity contribution in [2.45, 2.75) is 20.3 Å². The number of aromatic nitrogens is 1. The Bertz CT molecular complexity index is 563. The number of hydrogen-bond donors (Lipinski definition) is 0. The maximum Gasteiger partial charge on any atom is 0.312 e. The van der Waals surface area contributed by atoms with E-state index >= 15 is 0 Å². The molecule has 0 saturated heterocycles. The highest BCUT2D eigenvalue weighted by Crippen LogP contribution is 2.11. The first-order valence-electron chi connectivity index (χ1n) is 6.39. The summed E-state index contributed by atoms with van der Waals surface area (Å²) in [4.78, 5) is 15.8. The monoisotopic (exact) mass is 291 g/mol. The SMILES string of the molecule is Cc1ccc(OCCOC(=O)Cc2csc(C)n2)cc1. The topological polar surface area (TPSA) is 48.4 Å². The van der Waals surface area contributed by atoms with Gasteiger partial charge in [-0.25, -0.2) is 4.98 Å². The first-order valence-corrected chi connectivity index (χ1v) is 7.27. The number of benzene rings is 1. The molecule has 0 aliphatic carbocycles. The largest absolute Gasteiger partial charge is 0.490 e. The molecule has 106 valence electrons. The van der Waals surface area contributed by atoms with Crippen LogP contribution in [0.25, 0.3) is 0 Å². The van der Waals surface area contributed by atoms with Crippen LogP contribution in [-0.4, -0.2) is 24.2 Å². The molecule has 0 fully saturated rings. The van der Waals surface area contributed by atoms with Crippen LogP contribution in [0, 0.1) is 13.8 Å². The van der Waals surface area contributed by atoms with Gasteiger partial charge in [0.05, 0.1) is 17.1 Å². The molecular formula is C15H17NO3S. The first kappa shape index (κ1) is 14.5. The van der Waals surface area contributed by atoms with Crippen molar-refractivity contribution in [1.29, 1.82) is 0 Å². The molecule has 0 N–H and O–H groups in total. The lowest BCUT2D eigenvalue weighted by Crippen LogP contribution is -2.14. The van der Waals surface area contributed by atoms with Gasteiger partial charge in [0.15, 0.2) is 0 Å². The fourth-order valence-electron chi connectivity index (χ4n) is 1.64. The van der Waals surface area contributed by atoms with Gasteiger partial charge in [0, 0.05) is 5.38 Å². The van der Waals surface area contributed by atoms with E-state index in [0.717, 1.165) is 16.5 Å². The molecule has 0 radical (unpaired) electrons. The zero-order valence-electron chi connectivity index (χ0n) is 11.6. The second-order valence-electron chi connectivity index (χ2n) is 4.42. The summed E-state index contributed by atoms with van der Waals surface area (Å²) in [5, 5.41) is 2.83. The highest BCUT2D eigenvalue weighted by Gasteiger charge is 2.07. The molecule has 0 saturated carbocycles. The Morgan fingerprint density at radius 1 is 1.20 bits per heavy atom. The number of carbonyl (C=O) groups is 1. The normalized spacial score (nSPS) is 10.3. The Balaban J connectivity index is 1.65. The first-order chi connectivity index (χ1) is 9.63. The van der Waals surface area contributed by atoms with Crippen molar-refractivity contribution in [2.24, 2.45) is 0 Å². The van der Waals surface area contributed by atoms with Gasteiger partial charge in [-0.1, -0.05) is 17.7 Å². The number of hydrogen-bond acceptors (Lipinski definition) is 5. The molecule has 0 aliphatic heterocycles. The molecule has 2 aromatic rings. The van der Waals surface area contributed by atoms with Gasteiger partial charge < -0.3 is 9.47 Å². The van der Waals surface area contributed by atoms with Crippen molar-refractivity contribution in [3.05, 3.63) is 45.9 Å². The molecule has 1 heterocycles. The predicted molar refractivity (Wildman–Crippen MR) is 78.2 cm³/mol. The Labute approximate surface area is 122 Å². The number of carbonyl (C=O) groups excluding carboxylic acids is 1. The fourth-order valence-corrected chi connectivity index (χ4v) is 2.25. The molecule has 0 spiro atoms. The third-order valence-electron chi connectivity index (χ3n) is 2.63. The van der Waals surface area contributed by atoms with Crippen molar-refractivity contribution in [2.75, 3.05) is 13.2 Å². The van der Waals surface area contributed by atoms with Crippen molar-refractivity contribution in [3.63, 3.8) is 0 Å². The number of aryl methyl sites for hydroxylation is 2. The average Bonchev–Trinajstić information content (AvgIpc) is 2.82. The maximum absolute atomic E-state index is 11.6. The van der Waals surface area contributed by atoms with Crippen molar-refractivity contribution in [3.8, 4) is 5.75 Å². The van der Waals surface area contributed by atoms with Gasteiger partial charge in [-0.05, 0) is 26.0 Å². The Hall–Kier alpha value is -1.88. The van der Waals surface area contributed by atoms with E-state index in [1.807, 2.05) is 43.5 Å². The highest BCUT2D eigenvalue weighted by atomic mass is 32.1. The second kappa shape index (κ2) is 7.05. The zero-order chi connectivity index (χ0) is 14.4. The van der Waals surface area contributed by atoms with Crippen molar-refractivity contribution < 1.29 is 14.3 Å². The third kappa shape index (κ3) is 4.66.